The summed E-state index contributed by atoms with van der Waals surface area (Å²) < 4.78 is 10.2. The Kier molecular flexibility index (Phi) is 3.74. The number of benzene rings is 1. The first-order valence-electron chi connectivity index (χ1n) is 7.07. The molecule has 0 radical (unpaired) electrons. The van der Waals surface area contributed by atoms with E-state index in [-0.39, 0.29) is 29.3 Å². The number of hydrogen-bond donors (Lipinski definition) is 2. The quantitative estimate of drug-likeness (QED) is 0.817. The highest BCUT2D eigenvalue weighted by Gasteiger charge is 2.46. The van der Waals surface area contributed by atoms with Gasteiger partial charge in [0.1, 0.15) is 6.26 Å². The molecule has 22 heavy (non-hydrogen) atoms. The molecule has 0 atom stereocenters. The molecular formula is C16H16ClNO4. The summed E-state index contributed by atoms with van der Waals surface area (Å²) in [5.41, 5.74) is 0.792. The van der Waals surface area contributed by atoms with Crippen molar-refractivity contribution in [1.29, 1.82) is 0 Å². The normalized spacial score (nSPS) is 15.4. The summed E-state index contributed by atoms with van der Waals surface area (Å²) in [7, 11) is 0. The average molecular weight is 322 g/mol. The van der Waals surface area contributed by atoms with Crippen LogP contribution in [0.1, 0.15) is 35.7 Å². The van der Waals surface area contributed by atoms with Crippen molar-refractivity contribution in [3.8, 4) is 5.75 Å². The lowest BCUT2D eigenvalue weighted by molar-refractivity contribution is 0.0524. The van der Waals surface area contributed by atoms with Gasteiger partial charge in [0.15, 0.2) is 11.3 Å². The lowest BCUT2D eigenvalue weighted by atomic mass is 10.0. The molecule has 0 amide bonds. The smallest absolute Gasteiger partial charge is 0.347 e. The summed E-state index contributed by atoms with van der Waals surface area (Å²) in [6.45, 7) is 1.93. The number of rotatable bonds is 5. The Morgan fingerprint density at radius 1 is 1.41 bits per heavy atom. The zero-order valence-electron chi connectivity index (χ0n) is 12.1. The van der Waals surface area contributed by atoms with E-state index < -0.39 is 5.97 Å². The van der Waals surface area contributed by atoms with E-state index in [0.717, 1.165) is 24.7 Å². The van der Waals surface area contributed by atoms with E-state index in [1.165, 1.54) is 0 Å². The molecule has 1 aromatic heterocycles. The molecule has 2 N–H and O–H groups in total. The van der Waals surface area contributed by atoms with Gasteiger partial charge in [0.05, 0.1) is 12.1 Å². The number of ether oxygens (including phenoxy) is 1. The van der Waals surface area contributed by atoms with Crippen molar-refractivity contribution < 1.29 is 19.1 Å². The van der Waals surface area contributed by atoms with Crippen LogP contribution >= 0.6 is 11.6 Å². The maximum atomic E-state index is 11.9. The molecule has 0 bridgehead atoms. The standard InChI is InChI=1S/C16H16ClNO4/c1-2-21-15(20)13-12(19)9-22-14(13)18-16(7-8-16)10-3-5-11(17)6-4-10/h3-6,9,18-19H,2,7-8H2,1H3. The van der Waals surface area contributed by atoms with Gasteiger partial charge in [-0.3, -0.25) is 0 Å². The van der Waals surface area contributed by atoms with Gasteiger partial charge in [0, 0.05) is 5.02 Å². The third-order valence-corrected chi connectivity index (χ3v) is 4.00. The fourth-order valence-corrected chi connectivity index (χ4v) is 2.56. The summed E-state index contributed by atoms with van der Waals surface area (Å²) in [5.74, 6) is -0.612. The third kappa shape index (κ3) is 2.64. The van der Waals surface area contributed by atoms with Crippen molar-refractivity contribution in [2.45, 2.75) is 25.3 Å². The molecule has 116 valence electrons. The van der Waals surface area contributed by atoms with E-state index in [1.807, 2.05) is 24.3 Å². The molecule has 0 spiro atoms. The fraction of sp³-hybridized carbons (Fsp3) is 0.312. The third-order valence-electron chi connectivity index (χ3n) is 3.75. The van der Waals surface area contributed by atoms with Gasteiger partial charge < -0.3 is 19.6 Å². The molecule has 0 unspecified atom stereocenters. The highest BCUT2D eigenvalue weighted by atomic mass is 35.5. The lowest BCUT2D eigenvalue weighted by Crippen LogP contribution is -2.20. The van der Waals surface area contributed by atoms with E-state index in [2.05, 4.69) is 5.32 Å². The van der Waals surface area contributed by atoms with Crippen LogP contribution in [0, 0.1) is 0 Å². The van der Waals surface area contributed by atoms with Gasteiger partial charge in [-0.25, -0.2) is 4.79 Å². The molecule has 3 rings (SSSR count). The Balaban J connectivity index is 1.87. The number of anilines is 1. The van der Waals surface area contributed by atoms with Crippen LogP contribution in [0.25, 0.3) is 0 Å². The minimum atomic E-state index is -0.608. The molecule has 5 nitrogen and oxygen atoms in total. The van der Waals surface area contributed by atoms with Gasteiger partial charge in [-0.1, -0.05) is 23.7 Å². The molecule has 1 fully saturated rings. The van der Waals surface area contributed by atoms with Gasteiger partial charge in [-0.05, 0) is 37.5 Å². The van der Waals surface area contributed by atoms with Crippen molar-refractivity contribution in [2.24, 2.45) is 0 Å². The summed E-state index contributed by atoms with van der Waals surface area (Å²) >= 11 is 5.91. The largest absolute Gasteiger partial charge is 0.504 e. The second kappa shape index (κ2) is 5.57. The maximum absolute atomic E-state index is 11.9. The highest BCUT2D eigenvalue weighted by Crippen LogP contribution is 2.49. The number of carbonyl (C=O) groups is 1. The number of furan rings is 1. The molecule has 1 heterocycles. The molecular weight excluding hydrogens is 306 g/mol. The Labute approximate surface area is 132 Å². The highest BCUT2D eigenvalue weighted by molar-refractivity contribution is 6.30. The van der Waals surface area contributed by atoms with Crippen molar-refractivity contribution in [3.05, 3.63) is 46.7 Å². The molecule has 1 aliphatic carbocycles. The molecule has 1 aromatic carbocycles. The van der Waals surface area contributed by atoms with Gasteiger partial charge in [-0.2, -0.15) is 0 Å². The zero-order valence-corrected chi connectivity index (χ0v) is 12.8. The summed E-state index contributed by atoms with van der Waals surface area (Å²) in [6, 6.07) is 7.53. The molecule has 1 aliphatic rings. The monoisotopic (exact) mass is 321 g/mol. The van der Waals surface area contributed by atoms with Crippen LogP contribution in [0.15, 0.2) is 34.9 Å². The second-order valence-electron chi connectivity index (χ2n) is 5.26. The first-order valence-corrected chi connectivity index (χ1v) is 7.45. The van der Waals surface area contributed by atoms with Crippen molar-refractivity contribution in [2.75, 3.05) is 11.9 Å². The van der Waals surface area contributed by atoms with Crippen LogP contribution in [0.2, 0.25) is 5.02 Å². The minimum absolute atomic E-state index is 0.0297. The topological polar surface area (TPSA) is 71.7 Å². The van der Waals surface area contributed by atoms with Crippen molar-refractivity contribution >= 4 is 23.5 Å². The van der Waals surface area contributed by atoms with Crippen molar-refractivity contribution in [3.63, 3.8) is 0 Å². The molecule has 0 saturated heterocycles. The lowest BCUT2D eigenvalue weighted by Gasteiger charge is -2.18. The van der Waals surface area contributed by atoms with Crippen LogP contribution in [0.5, 0.6) is 5.75 Å². The van der Waals surface area contributed by atoms with Crippen LogP contribution in [-0.2, 0) is 10.3 Å². The number of hydrogen-bond acceptors (Lipinski definition) is 5. The summed E-state index contributed by atoms with van der Waals surface area (Å²) in [6.07, 6.45) is 2.93. The first kappa shape index (κ1) is 14.8. The predicted molar refractivity (Wildman–Crippen MR) is 82.3 cm³/mol. The van der Waals surface area contributed by atoms with E-state index >= 15 is 0 Å². The van der Waals surface area contributed by atoms with E-state index in [1.54, 1.807) is 6.92 Å². The zero-order chi connectivity index (χ0) is 15.7. The Hall–Kier alpha value is -2.14. The fourth-order valence-electron chi connectivity index (χ4n) is 2.44. The summed E-state index contributed by atoms with van der Waals surface area (Å²) in [4.78, 5) is 11.9. The average Bonchev–Trinajstić information content (AvgIpc) is 3.17. The molecule has 2 aromatic rings. The Bertz CT molecular complexity index is 689. The maximum Gasteiger partial charge on any atom is 0.347 e. The first-order chi connectivity index (χ1) is 10.6. The predicted octanol–water partition coefficient (Wildman–Crippen LogP) is 3.92. The van der Waals surface area contributed by atoms with Gasteiger partial charge in [0.2, 0.25) is 5.88 Å². The molecule has 6 heteroatoms. The van der Waals surface area contributed by atoms with Crippen LogP contribution in [-0.4, -0.2) is 17.7 Å². The molecule has 1 saturated carbocycles. The van der Waals surface area contributed by atoms with Gasteiger partial charge >= 0.3 is 5.97 Å². The summed E-state index contributed by atoms with van der Waals surface area (Å²) in [5, 5.41) is 13.7. The molecule has 0 aliphatic heterocycles. The van der Waals surface area contributed by atoms with Gasteiger partial charge in [0.25, 0.3) is 0 Å². The van der Waals surface area contributed by atoms with Crippen LogP contribution < -0.4 is 5.32 Å². The van der Waals surface area contributed by atoms with E-state index in [0.29, 0.717) is 5.02 Å². The van der Waals surface area contributed by atoms with Crippen LogP contribution in [0.4, 0.5) is 5.88 Å². The van der Waals surface area contributed by atoms with Gasteiger partial charge in [-0.15, -0.1) is 0 Å². The number of nitrogens with one attached hydrogen (secondary N) is 1. The second-order valence-corrected chi connectivity index (χ2v) is 5.70. The van der Waals surface area contributed by atoms with E-state index in [9.17, 15) is 9.90 Å². The number of aromatic hydroxyl groups is 1. The van der Waals surface area contributed by atoms with Crippen molar-refractivity contribution in [1.82, 2.24) is 0 Å². The number of esters is 1. The number of halogens is 1. The van der Waals surface area contributed by atoms with E-state index in [4.69, 9.17) is 20.8 Å². The minimum Gasteiger partial charge on any atom is -0.504 e. The number of carbonyl (C=O) groups excluding carboxylic acids is 1. The van der Waals surface area contributed by atoms with Crippen LogP contribution in [0.3, 0.4) is 0 Å². The SMILES string of the molecule is CCOC(=O)c1c(O)coc1NC1(c2ccc(Cl)cc2)CC1. The Morgan fingerprint density at radius 3 is 2.68 bits per heavy atom. The Morgan fingerprint density at radius 2 is 2.09 bits per heavy atom.